The highest BCUT2D eigenvalue weighted by molar-refractivity contribution is 7.89. The molecule has 1 aromatic rings. The first-order valence-corrected chi connectivity index (χ1v) is 8.63. The summed E-state index contributed by atoms with van der Waals surface area (Å²) in [6.07, 6.45) is 1.56. The van der Waals surface area contributed by atoms with Crippen LogP contribution in [0.3, 0.4) is 0 Å². The molecule has 1 aliphatic heterocycles. The number of benzene rings is 1. The molecule has 21 heavy (non-hydrogen) atoms. The monoisotopic (exact) mass is 327 g/mol. The Morgan fingerprint density at radius 1 is 1.52 bits per heavy atom. The molecule has 2 rings (SSSR count). The molecule has 1 aromatic carbocycles. The van der Waals surface area contributed by atoms with Crippen molar-refractivity contribution in [1.29, 1.82) is 5.26 Å². The van der Waals surface area contributed by atoms with Gasteiger partial charge in [-0.1, -0.05) is 18.5 Å². The molecule has 2 N–H and O–H groups in total. The lowest BCUT2D eigenvalue weighted by Gasteiger charge is -2.37. The average Bonchev–Trinajstić information content (AvgIpc) is 2.46. The molecule has 0 bridgehead atoms. The largest absolute Gasteiger partial charge is 0.329 e. The highest BCUT2D eigenvalue weighted by atomic mass is 35.5. The molecule has 1 fully saturated rings. The summed E-state index contributed by atoms with van der Waals surface area (Å²) < 4.78 is 27.0. The Morgan fingerprint density at radius 3 is 2.81 bits per heavy atom. The number of piperidine rings is 1. The highest BCUT2D eigenvalue weighted by Gasteiger charge is 2.35. The standard InChI is InChI=1S/C14H18ClN3O2S/c1-10-4-5-18(12(6-10)9-17)21(19,20)14-3-2-11(8-16)7-13(14)15/h2-3,7,10,12H,4-6,9,17H2,1H3. The molecule has 1 heterocycles. The van der Waals surface area contributed by atoms with Crippen molar-refractivity contribution in [2.75, 3.05) is 13.1 Å². The number of nitriles is 1. The molecule has 114 valence electrons. The SMILES string of the molecule is CC1CCN(S(=O)(=O)c2ccc(C#N)cc2Cl)C(CN)C1. The molecular weight excluding hydrogens is 310 g/mol. The van der Waals surface area contributed by atoms with Crippen LogP contribution in [0.5, 0.6) is 0 Å². The molecule has 7 heteroatoms. The van der Waals surface area contributed by atoms with Gasteiger partial charge in [-0.05, 0) is 37.0 Å². The number of sulfonamides is 1. The maximum atomic E-state index is 12.8. The zero-order valence-electron chi connectivity index (χ0n) is 11.8. The van der Waals surface area contributed by atoms with Crippen LogP contribution in [0.15, 0.2) is 23.1 Å². The number of hydrogen-bond donors (Lipinski definition) is 1. The number of nitrogens with two attached hydrogens (primary N) is 1. The third kappa shape index (κ3) is 3.22. The van der Waals surface area contributed by atoms with Gasteiger partial charge in [-0.15, -0.1) is 0 Å². The zero-order chi connectivity index (χ0) is 15.6. The smallest absolute Gasteiger partial charge is 0.244 e. The Bertz CT molecular complexity index is 669. The van der Waals surface area contributed by atoms with E-state index in [1.165, 1.54) is 22.5 Å². The van der Waals surface area contributed by atoms with E-state index in [9.17, 15) is 8.42 Å². The third-order valence-electron chi connectivity index (χ3n) is 3.84. The molecule has 2 atom stereocenters. The summed E-state index contributed by atoms with van der Waals surface area (Å²) in [6.45, 7) is 2.83. The molecular formula is C14H18ClN3O2S. The Balaban J connectivity index is 2.40. The van der Waals surface area contributed by atoms with Crippen molar-refractivity contribution in [3.63, 3.8) is 0 Å². The quantitative estimate of drug-likeness (QED) is 0.919. The fourth-order valence-electron chi connectivity index (χ4n) is 2.67. The molecule has 0 aromatic heterocycles. The van der Waals surface area contributed by atoms with Crippen molar-refractivity contribution in [2.45, 2.75) is 30.7 Å². The molecule has 0 radical (unpaired) electrons. The third-order valence-corrected chi connectivity index (χ3v) is 6.28. The van der Waals surface area contributed by atoms with Crippen molar-refractivity contribution in [1.82, 2.24) is 4.31 Å². The first kappa shape index (κ1) is 16.2. The van der Waals surface area contributed by atoms with E-state index in [2.05, 4.69) is 6.92 Å². The summed E-state index contributed by atoms with van der Waals surface area (Å²) in [5.41, 5.74) is 6.07. The fraction of sp³-hybridized carbons (Fsp3) is 0.500. The molecule has 5 nitrogen and oxygen atoms in total. The predicted molar refractivity (Wildman–Crippen MR) is 81.3 cm³/mol. The number of halogens is 1. The van der Waals surface area contributed by atoms with Crippen LogP contribution >= 0.6 is 11.6 Å². The van der Waals surface area contributed by atoms with Gasteiger partial charge >= 0.3 is 0 Å². The number of nitrogens with zero attached hydrogens (tertiary/aromatic N) is 2. The maximum absolute atomic E-state index is 12.8. The van der Waals surface area contributed by atoms with Crippen LogP contribution in [0, 0.1) is 17.2 Å². The van der Waals surface area contributed by atoms with Crippen molar-refractivity contribution in [3.05, 3.63) is 28.8 Å². The van der Waals surface area contributed by atoms with E-state index in [0.717, 1.165) is 12.8 Å². The maximum Gasteiger partial charge on any atom is 0.244 e. The molecule has 0 aliphatic carbocycles. The zero-order valence-corrected chi connectivity index (χ0v) is 13.4. The van der Waals surface area contributed by atoms with Gasteiger partial charge in [0.2, 0.25) is 10.0 Å². The van der Waals surface area contributed by atoms with Crippen molar-refractivity contribution in [2.24, 2.45) is 11.7 Å². The molecule has 2 unspecified atom stereocenters. The Kier molecular flexibility index (Phi) is 4.89. The lowest BCUT2D eigenvalue weighted by atomic mass is 9.94. The minimum Gasteiger partial charge on any atom is -0.329 e. The normalized spacial score (nSPS) is 23.7. The molecule has 0 spiro atoms. The van der Waals surface area contributed by atoms with Crippen molar-refractivity contribution < 1.29 is 8.42 Å². The Hall–Kier alpha value is -1.13. The number of rotatable bonds is 3. The predicted octanol–water partition coefficient (Wildman–Crippen LogP) is 1.96. The van der Waals surface area contributed by atoms with Gasteiger partial charge in [0.05, 0.1) is 16.7 Å². The van der Waals surface area contributed by atoms with E-state index < -0.39 is 10.0 Å². The fourth-order valence-corrected chi connectivity index (χ4v) is 4.85. The van der Waals surface area contributed by atoms with E-state index in [1.807, 2.05) is 6.07 Å². The van der Waals surface area contributed by atoms with Gasteiger partial charge in [0.1, 0.15) is 4.90 Å². The minimum absolute atomic E-state index is 0.0381. The van der Waals surface area contributed by atoms with Crippen LogP contribution in [0.25, 0.3) is 0 Å². The highest BCUT2D eigenvalue weighted by Crippen LogP contribution is 2.31. The van der Waals surface area contributed by atoms with Crippen LogP contribution in [0.4, 0.5) is 0 Å². The lowest BCUT2D eigenvalue weighted by Crippen LogP contribution is -2.49. The first-order chi connectivity index (χ1) is 9.90. The molecule has 1 saturated heterocycles. The van der Waals surface area contributed by atoms with E-state index >= 15 is 0 Å². The van der Waals surface area contributed by atoms with Crippen LogP contribution in [-0.4, -0.2) is 31.9 Å². The van der Waals surface area contributed by atoms with Crippen LogP contribution < -0.4 is 5.73 Å². The van der Waals surface area contributed by atoms with Gasteiger partial charge in [0.25, 0.3) is 0 Å². The van der Waals surface area contributed by atoms with Crippen molar-refractivity contribution >= 4 is 21.6 Å². The van der Waals surface area contributed by atoms with Crippen LogP contribution in [0.2, 0.25) is 5.02 Å². The summed E-state index contributed by atoms with van der Waals surface area (Å²) >= 11 is 6.04. The second-order valence-electron chi connectivity index (χ2n) is 5.39. The first-order valence-electron chi connectivity index (χ1n) is 6.81. The van der Waals surface area contributed by atoms with Crippen LogP contribution in [0.1, 0.15) is 25.3 Å². The van der Waals surface area contributed by atoms with E-state index in [4.69, 9.17) is 22.6 Å². The molecule has 0 saturated carbocycles. The van der Waals surface area contributed by atoms with Crippen molar-refractivity contribution in [3.8, 4) is 6.07 Å². The van der Waals surface area contributed by atoms with E-state index in [-0.39, 0.29) is 22.5 Å². The molecule has 1 aliphatic rings. The van der Waals surface area contributed by atoms with Gasteiger partial charge in [0.15, 0.2) is 0 Å². The topological polar surface area (TPSA) is 87.2 Å². The second kappa shape index (κ2) is 6.32. The minimum atomic E-state index is -3.69. The summed E-state index contributed by atoms with van der Waals surface area (Å²) in [4.78, 5) is 0.0381. The van der Waals surface area contributed by atoms with Crippen LogP contribution in [-0.2, 0) is 10.0 Å². The van der Waals surface area contributed by atoms with Gasteiger partial charge in [-0.2, -0.15) is 9.57 Å². The Labute approximate surface area is 130 Å². The Morgan fingerprint density at radius 2 is 2.24 bits per heavy atom. The molecule has 0 amide bonds. The summed E-state index contributed by atoms with van der Waals surface area (Å²) in [5, 5.41) is 8.90. The second-order valence-corrected chi connectivity index (χ2v) is 7.66. The van der Waals surface area contributed by atoms with Gasteiger partial charge in [-0.3, -0.25) is 0 Å². The summed E-state index contributed by atoms with van der Waals surface area (Å²) in [7, 11) is -3.69. The van der Waals surface area contributed by atoms with E-state index in [0.29, 0.717) is 18.0 Å². The van der Waals surface area contributed by atoms with E-state index in [1.54, 1.807) is 0 Å². The summed E-state index contributed by atoms with van der Waals surface area (Å²) in [5.74, 6) is 0.460. The van der Waals surface area contributed by atoms with Gasteiger partial charge in [-0.25, -0.2) is 8.42 Å². The lowest BCUT2D eigenvalue weighted by molar-refractivity contribution is 0.211. The number of hydrogen-bond acceptors (Lipinski definition) is 4. The van der Waals surface area contributed by atoms with Gasteiger partial charge in [0, 0.05) is 19.1 Å². The van der Waals surface area contributed by atoms with Gasteiger partial charge < -0.3 is 5.73 Å². The summed E-state index contributed by atoms with van der Waals surface area (Å²) in [6, 6.07) is 5.96. The average molecular weight is 328 g/mol.